The van der Waals surface area contributed by atoms with Crippen LogP contribution < -0.4 is 16.4 Å². The summed E-state index contributed by atoms with van der Waals surface area (Å²) in [5.74, 6) is -0.234. The first-order chi connectivity index (χ1) is 13.8. The van der Waals surface area contributed by atoms with E-state index < -0.39 is 0 Å². The summed E-state index contributed by atoms with van der Waals surface area (Å²) in [6, 6.07) is 9.31. The predicted molar refractivity (Wildman–Crippen MR) is 111 cm³/mol. The van der Waals surface area contributed by atoms with Crippen molar-refractivity contribution in [3.8, 4) is 11.1 Å². The Morgan fingerprint density at radius 1 is 1.24 bits per heavy atom. The van der Waals surface area contributed by atoms with Crippen LogP contribution in [0.25, 0.3) is 22.0 Å². The minimum atomic E-state index is -0.370. The van der Waals surface area contributed by atoms with Crippen LogP contribution in [0.1, 0.15) is 35.0 Å². The van der Waals surface area contributed by atoms with Crippen LogP contribution in [0.15, 0.2) is 41.3 Å². The number of aryl methyl sites for hydroxylation is 3. The third kappa shape index (κ3) is 3.66. The van der Waals surface area contributed by atoms with Gasteiger partial charge >= 0.3 is 0 Å². The van der Waals surface area contributed by atoms with Gasteiger partial charge in [-0.2, -0.15) is 5.48 Å². The maximum atomic E-state index is 13.1. The Labute approximate surface area is 168 Å². The van der Waals surface area contributed by atoms with Gasteiger partial charge < -0.3 is 9.88 Å². The van der Waals surface area contributed by atoms with Crippen LogP contribution >= 0.6 is 0 Å². The normalized spacial score (nSPS) is 18.9. The molecule has 2 aromatic heterocycles. The van der Waals surface area contributed by atoms with Crippen LogP contribution in [-0.4, -0.2) is 27.7 Å². The number of hydroxylamine groups is 1. The molecule has 2 N–H and O–H groups in total. The molecular weight excluding hydrogens is 368 g/mol. The monoisotopic (exact) mass is 392 g/mol. The van der Waals surface area contributed by atoms with E-state index in [2.05, 4.69) is 15.8 Å². The fourth-order valence-corrected chi connectivity index (χ4v) is 3.64. The lowest BCUT2D eigenvalue weighted by atomic mass is 9.97. The highest BCUT2D eigenvalue weighted by Crippen LogP contribution is 2.25. The van der Waals surface area contributed by atoms with Gasteiger partial charge in [0.25, 0.3) is 11.5 Å². The summed E-state index contributed by atoms with van der Waals surface area (Å²) in [6.07, 6.45) is 2.10. The zero-order chi connectivity index (χ0) is 20.7. The lowest BCUT2D eigenvalue weighted by molar-refractivity contribution is 0.0104. The van der Waals surface area contributed by atoms with Crippen molar-refractivity contribution >= 4 is 16.8 Å². The van der Waals surface area contributed by atoms with Crippen molar-refractivity contribution in [2.75, 3.05) is 0 Å². The summed E-state index contributed by atoms with van der Waals surface area (Å²) < 4.78 is 1.63. The van der Waals surface area contributed by atoms with Gasteiger partial charge in [0.15, 0.2) is 6.23 Å². The van der Waals surface area contributed by atoms with Crippen molar-refractivity contribution in [1.29, 1.82) is 0 Å². The maximum absolute atomic E-state index is 13.1. The molecule has 0 aliphatic carbocycles. The summed E-state index contributed by atoms with van der Waals surface area (Å²) in [4.78, 5) is 35.4. The van der Waals surface area contributed by atoms with E-state index in [1.807, 2.05) is 39.0 Å². The topological polar surface area (TPSA) is 85.2 Å². The number of benzene rings is 1. The molecule has 0 saturated carbocycles. The number of nitrogens with zero attached hydrogens (tertiary/aromatic N) is 2. The largest absolute Gasteiger partial charge is 0.325 e. The lowest BCUT2D eigenvalue weighted by Crippen LogP contribution is -2.35. The van der Waals surface area contributed by atoms with Gasteiger partial charge in [0.1, 0.15) is 0 Å². The van der Waals surface area contributed by atoms with Crippen molar-refractivity contribution in [3.63, 3.8) is 0 Å². The molecule has 1 aromatic carbocycles. The minimum absolute atomic E-state index is 0.110. The molecule has 0 spiro atoms. The molecule has 1 aliphatic rings. The van der Waals surface area contributed by atoms with Crippen molar-refractivity contribution in [1.82, 2.24) is 20.3 Å². The number of fused-ring (bicyclic) bond motifs is 1. The van der Waals surface area contributed by atoms with E-state index >= 15 is 0 Å². The fourth-order valence-electron chi connectivity index (χ4n) is 3.64. The Morgan fingerprint density at radius 2 is 2.03 bits per heavy atom. The number of carbonyl (C=O) groups is 1. The summed E-state index contributed by atoms with van der Waals surface area (Å²) in [5.41, 5.74) is 7.11. The third-order valence-electron chi connectivity index (χ3n) is 5.31. The van der Waals surface area contributed by atoms with E-state index in [0.717, 1.165) is 27.7 Å². The first-order valence-electron chi connectivity index (χ1n) is 9.63. The molecule has 7 heteroatoms. The highest BCUT2D eigenvalue weighted by molar-refractivity contribution is 5.96. The molecular formula is C22H24N4O3. The summed E-state index contributed by atoms with van der Waals surface area (Å²) in [6.45, 7) is 5.82. The Hall–Kier alpha value is -3.03. The molecule has 3 aromatic rings. The first kappa shape index (κ1) is 19.3. The molecule has 2 atom stereocenters. The smallest absolute Gasteiger partial charge is 0.258 e. The van der Waals surface area contributed by atoms with Crippen LogP contribution in [0, 0.1) is 13.8 Å². The molecule has 0 bridgehead atoms. The zero-order valence-corrected chi connectivity index (χ0v) is 16.9. The van der Waals surface area contributed by atoms with Crippen LogP contribution in [0.4, 0.5) is 0 Å². The van der Waals surface area contributed by atoms with Crippen molar-refractivity contribution in [2.24, 2.45) is 7.05 Å². The molecule has 2 unspecified atom stereocenters. The molecule has 0 radical (unpaired) electrons. The van der Waals surface area contributed by atoms with E-state index in [0.29, 0.717) is 17.5 Å². The summed E-state index contributed by atoms with van der Waals surface area (Å²) >= 11 is 0. The van der Waals surface area contributed by atoms with E-state index in [1.165, 1.54) is 0 Å². The molecule has 7 nitrogen and oxygen atoms in total. The second-order valence-electron chi connectivity index (χ2n) is 7.67. The quantitative estimate of drug-likeness (QED) is 0.716. The van der Waals surface area contributed by atoms with Crippen LogP contribution in [-0.2, 0) is 11.9 Å². The molecule has 1 aliphatic heterocycles. The van der Waals surface area contributed by atoms with Gasteiger partial charge in [-0.3, -0.25) is 19.4 Å². The van der Waals surface area contributed by atoms with Gasteiger partial charge in [-0.25, -0.2) is 0 Å². The molecule has 29 heavy (non-hydrogen) atoms. The molecule has 4 rings (SSSR count). The average molecular weight is 392 g/mol. The third-order valence-corrected chi connectivity index (χ3v) is 5.31. The van der Waals surface area contributed by atoms with Gasteiger partial charge in [-0.05, 0) is 56.2 Å². The average Bonchev–Trinajstić information content (AvgIpc) is 3.10. The number of carbonyl (C=O) groups excluding carboxylic acids is 1. The second-order valence-corrected chi connectivity index (χ2v) is 7.67. The number of hydrogen-bond acceptors (Lipinski definition) is 5. The Morgan fingerprint density at radius 3 is 2.76 bits per heavy atom. The van der Waals surface area contributed by atoms with Crippen molar-refractivity contribution in [3.05, 3.63) is 63.7 Å². The number of aromatic nitrogens is 2. The van der Waals surface area contributed by atoms with Crippen LogP contribution in [0.2, 0.25) is 0 Å². The number of hydrogen-bond donors (Lipinski definition) is 2. The van der Waals surface area contributed by atoms with E-state index in [1.54, 1.807) is 29.9 Å². The highest BCUT2D eigenvalue weighted by Gasteiger charge is 2.24. The SMILES string of the molecule is Cc1cc2c(cn1)cc(-c1cc(C(=O)NC3CC(C)NO3)ccc1C)c(=O)n2C. The standard InChI is InChI=1S/C22H24N4O3/c1-12-5-6-15(21(27)24-20-8-14(3)25-29-20)9-17(12)18-10-16-11-23-13(2)7-19(16)26(4)22(18)28/h5-7,9-11,14,20,25H,8H2,1-4H3,(H,24,27). The van der Waals surface area contributed by atoms with Gasteiger partial charge in [0, 0.05) is 47.9 Å². The molecule has 1 amide bonds. The van der Waals surface area contributed by atoms with E-state index in [-0.39, 0.29) is 23.7 Å². The predicted octanol–water partition coefficient (Wildman–Crippen LogP) is 2.59. The summed E-state index contributed by atoms with van der Waals surface area (Å²) in [7, 11) is 1.76. The van der Waals surface area contributed by atoms with Gasteiger partial charge in [0.05, 0.1) is 5.52 Å². The lowest BCUT2D eigenvalue weighted by Gasteiger charge is -2.14. The van der Waals surface area contributed by atoms with Gasteiger partial charge in [0.2, 0.25) is 0 Å². The Bertz CT molecular complexity index is 1170. The Balaban J connectivity index is 1.75. The van der Waals surface area contributed by atoms with Crippen molar-refractivity contribution in [2.45, 2.75) is 39.5 Å². The zero-order valence-electron chi connectivity index (χ0n) is 16.9. The van der Waals surface area contributed by atoms with Crippen LogP contribution in [0.3, 0.4) is 0 Å². The molecule has 1 saturated heterocycles. The number of nitrogens with one attached hydrogen (secondary N) is 2. The van der Waals surface area contributed by atoms with Gasteiger partial charge in [-0.1, -0.05) is 6.07 Å². The number of rotatable bonds is 3. The van der Waals surface area contributed by atoms with E-state index in [4.69, 9.17) is 4.84 Å². The number of amides is 1. The highest BCUT2D eigenvalue weighted by atomic mass is 16.7. The maximum Gasteiger partial charge on any atom is 0.258 e. The molecule has 150 valence electrons. The summed E-state index contributed by atoms with van der Waals surface area (Å²) in [5, 5.41) is 3.74. The van der Waals surface area contributed by atoms with Gasteiger partial charge in [-0.15, -0.1) is 0 Å². The van der Waals surface area contributed by atoms with Crippen molar-refractivity contribution < 1.29 is 9.63 Å². The second kappa shape index (κ2) is 7.42. The van der Waals surface area contributed by atoms with Crippen LogP contribution in [0.5, 0.6) is 0 Å². The molecule has 3 heterocycles. The minimum Gasteiger partial charge on any atom is -0.325 e. The fraction of sp³-hybridized carbons (Fsp3) is 0.318. The Kier molecular flexibility index (Phi) is 4.94. The van der Waals surface area contributed by atoms with E-state index in [9.17, 15) is 9.59 Å². The number of pyridine rings is 2. The molecule has 1 fully saturated rings. The first-order valence-corrected chi connectivity index (χ1v) is 9.63.